The summed E-state index contributed by atoms with van der Waals surface area (Å²) in [5.41, 5.74) is 6.03. The highest BCUT2D eigenvalue weighted by molar-refractivity contribution is 5.53. The van der Waals surface area contributed by atoms with Crippen LogP contribution in [0.4, 0.5) is 11.5 Å². The van der Waals surface area contributed by atoms with Crippen molar-refractivity contribution in [2.75, 3.05) is 49.1 Å². The second-order valence-electron chi connectivity index (χ2n) is 6.95. The third-order valence-corrected chi connectivity index (χ3v) is 5.11. The average molecular weight is 338 g/mol. The lowest BCUT2D eigenvalue weighted by Crippen LogP contribution is -2.47. The number of aryl methyl sites for hydroxylation is 2. The van der Waals surface area contributed by atoms with E-state index in [1.54, 1.807) is 6.33 Å². The molecule has 25 heavy (non-hydrogen) atoms. The van der Waals surface area contributed by atoms with Gasteiger partial charge in [-0.05, 0) is 38.9 Å². The molecule has 1 fully saturated rings. The Balaban J connectivity index is 1.51. The van der Waals surface area contributed by atoms with Crippen LogP contribution in [-0.2, 0) is 12.8 Å². The molecule has 0 saturated carbocycles. The Morgan fingerprint density at radius 1 is 0.880 bits per heavy atom. The predicted octanol–water partition coefficient (Wildman–Crippen LogP) is 1.50. The lowest BCUT2D eigenvalue weighted by molar-refractivity contribution is 0.641. The van der Waals surface area contributed by atoms with Crippen molar-refractivity contribution in [3.63, 3.8) is 0 Å². The van der Waals surface area contributed by atoms with E-state index in [1.165, 1.54) is 16.9 Å². The highest BCUT2D eigenvalue weighted by Crippen LogP contribution is 2.25. The topological polar surface area (TPSA) is 57.2 Å². The number of pyridine rings is 1. The van der Waals surface area contributed by atoms with E-state index in [9.17, 15) is 0 Å². The molecule has 0 bridgehead atoms. The van der Waals surface area contributed by atoms with Gasteiger partial charge >= 0.3 is 0 Å². The zero-order chi connectivity index (χ0) is 17.2. The van der Waals surface area contributed by atoms with Crippen LogP contribution in [0.5, 0.6) is 0 Å². The molecule has 2 aliphatic heterocycles. The first kappa shape index (κ1) is 16.3. The Kier molecular flexibility index (Phi) is 4.53. The van der Waals surface area contributed by atoms with E-state index >= 15 is 0 Å². The maximum atomic E-state index is 4.64. The lowest BCUT2D eigenvalue weighted by Gasteiger charge is -2.37. The Morgan fingerprint density at radius 2 is 1.56 bits per heavy atom. The van der Waals surface area contributed by atoms with Gasteiger partial charge in [-0.1, -0.05) is 0 Å². The van der Waals surface area contributed by atoms with Gasteiger partial charge < -0.3 is 15.1 Å². The van der Waals surface area contributed by atoms with E-state index in [4.69, 9.17) is 0 Å². The molecule has 4 heterocycles. The number of nitrogens with one attached hydrogen (secondary N) is 1. The van der Waals surface area contributed by atoms with Crippen molar-refractivity contribution in [1.82, 2.24) is 20.3 Å². The summed E-state index contributed by atoms with van der Waals surface area (Å²) in [5.74, 6) is 1.15. The molecule has 6 heteroatoms. The van der Waals surface area contributed by atoms with Crippen molar-refractivity contribution in [3.8, 4) is 0 Å². The van der Waals surface area contributed by atoms with E-state index in [0.717, 1.165) is 69.3 Å². The second kappa shape index (κ2) is 6.96. The first-order chi connectivity index (χ1) is 12.2. The van der Waals surface area contributed by atoms with Gasteiger partial charge in [-0.2, -0.15) is 0 Å². The fourth-order valence-corrected chi connectivity index (χ4v) is 3.90. The zero-order valence-corrected chi connectivity index (χ0v) is 15.1. The van der Waals surface area contributed by atoms with Gasteiger partial charge in [0, 0.05) is 61.8 Å². The van der Waals surface area contributed by atoms with Gasteiger partial charge in [0.15, 0.2) is 0 Å². The summed E-state index contributed by atoms with van der Waals surface area (Å²) in [5, 5.41) is 3.46. The molecule has 132 valence electrons. The van der Waals surface area contributed by atoms with Crippen LogP contribution in [-0.4, -0.2) is 54.2 Å². The molecule has 0 spiro atoms. The summed E-state index contributed by atoms with van der Waals surface area (Å²) < 4.78 is 0. The number of hydrogen-bond donors (Lipinski definition) is 1. The van der Waals surface area contributed by atoms with Crippen molar-refractivity contribution in [2.45, 2.75) is 26.7 Å². The second-order valence-corrected chi connectivity index (χ2v) is 6.95. The van der Waals surface area contributed by atoms with E-state index in [-0.39, 0.29) is 0 Å². The van der Waals surface area contributed by atoms with E-state index < -0.39 is 0 Å². The monoisotopic (exact) mass is 338 g/mol. The Bertz CT molecular complexity index is 731. The normalized spacial score (nSPS) is 18.0. The molecule has 4 rings (SSSR count). The number of fused-ring (bicyclic) bond motifs is 1. The van der Waals surface area contributed by atoms with Crippen LogP contribution in [0.3, 0.4) is 0 Å². The largest absolute Gasteiger partial charge is 0.368 e. The van der Waals surface area contributed by atoms with Crippen molar-refractivity contribution >= 4 is 11.5 Å². The third kappa shape index (κ3) is 3.44. The summed E-state index contributed by atoms with van der Waals surface area (Å²) in [6.45, 7) is 10.2. The van der Waals surface area contributed by atoms with Crippen LogP contribution < -0.4 is 15.1 Å². The van der Waals surface area contributed by atoms with Crippen LogP contribution in [0.2, 0.25) is 0 Å². The van der Waals surface area contributed by atoms with Crippen LogP contribution in [0.1, 0.15) is 22.6 Å². The van der Waals surface area contributed by atoms with Gasteiger partial charge in [-0.25, -0.2) is 9.97 Å². The zero-order valence-electron chi connectivity index (χ0n) is 15.1. The number of aromatic nitrogens is 3. The quantitative estimate of drug-likeness (QED) is 0.896. The Labute approximate surface area is 149 Å². The molecule has 1 saturated heterocycles. The smallest absolute Gasteiger partial charge is 0.135 e. The highest BCUT2D eigenvalue weighted by Gasteiger charge is 2.23. The number of piperazine rings is 1. The number of rotatable bonds is 2. The molecule has 0 unspecified atom stereocenters. The van der Waals surface area contributed by atoms with Gasteiger partial charge in [-0.15, -0.1) is 0 Å². The lowest BCUT2D eigenvalue weighted by atomic mass is 10.1. The molecule has 0 radical (unpaired) electrons. The minimum Gasteiger partial charge on any atom is -0.368 e. The number of nitrogens with zero attached hydrogens (tertiary/aromatic N) is 5. The first-order valence-electron chi connectivity index (χ1n) is 9.19. The predicted molar refractivity (Wildman–Crippen MR) is 100 cm³/mol. The standard InChI is InChI=1S/C19H26N6/c1-14-11-16(12-15(2)23-14)24-7-9-25(10-8-24)19-17-3-5-20-6-4-18(17)21-13-22-19/h11-13,20H,3-10H2,1-2H3. The minimum absolute atomic E-state index is 0.997. The molecule has 6 nitrogen and oxygen atoms in total. The molecule has 0 amide bonds. The van der Waals surface area contributed by atoms with Crippen LogP contribution in [0.25, 0.3) is 0 Å². The average Bonchev–Trinajstić information content (AvgIpc) is 2.86. The molecular formula is C19H26N6. The summed E-state index contributed by atoms with van der Waals surface area (Å²) in [4.78, 5) is 18.5. The fraction of sp³-hybridized carbons (Fsp3) is 0.526. The van der Waals surface area contributed by atoms with E-state index in [0.29, 0.717) is 0 Å². The van der Waals surface area contributed by atoms with E-state index in [1.807, 2.05) is 0 Å². The first-order valence-corrected chi connectivity index (χ1v) is 9.19. The van der Waals surface area contributed by atoms with Crippen molar-refractivity contribution in [3.05, 3.63) is 41.1 Å². The molecule has 2 aliphatic rings. The van der Waals surface area contributed by atoms with Gasteiger partial charge in [0.05, 0.1) is 5.69 Å². The van der Waals surface area contributed by atoms with E-state index in [2.05, 4.69) is 56.0 Å². The molecular weight excluding hydrogens is 312 g/mol. The Hall–Kier alpha value is -2.21. The van der Waals surface area contributed by atoms with Crippen LogP contribution >= 0.6 is 0 Å². The molecule has 0 aromatic carbocycles. The van der Waals surface area contributed by atoms with Crippen molar-refractivity contribution in [1.29, 1.82) is 0 Å². The maximum Gasteiger partial charge on any atom is 0.135 e. The summed E-state index contributed by atoms with van der Waals surface area (Å²) in [6.07, 6.45) is 3.76. The molecule has 0 aliphatic carbocycles. The maximum absolute atomic E-state index is 4.64. The summed E-state index contributed by atoms with van der Waals surface area (Å²) in [7, 11) is 0. The van der Waals surface area contributed by atoms with Gasteiger partial charge in [0.1, 0.15) is 12.1 Å². The summed E-state index contributed by atoms with van der Waals surface area (Å²) >= 11 is 0. The van der Waals surface area contributed by atoms with Crippen molar-refractivity contribution < 1.29 is 0 Å². The van der Waals surface area contributed by atoms with Crippen LogP contribution in [0, 0.1) is 13.8 Å². The fourth-order valence-electron chi connectivity index (χ4n) is 3.90. The molecule has 1 N–H and O–H groups in total. The minimum atomic E-state index is 0.997. The molecule has 0 atom stereocenters. The summed E-state index contributed by atoms with van der Waals surface area (Å²) in [6, 6.07) is 4.37. The van der Waals surface area contributed by atoms with Gasteiger partial charge in [0.2, 0.25) is 0 Å². The molecule has 2 aromatic rings. The number of hydrogen-bond acceptors (Lipinski definition) is 6. The molecule has 2 aromatic heterocycles. The SMILES string of the molecule is Cc1cc(N2CCN(c3ncnc4c3CCNCC4)CC2)cc(C)n1. The van der Waals surface area contributed by atoms with Crippen molar-refractivity contribution in [2.24, 2.45) is 0 Å². The highest BCUT2D eigenvalue weighted by atomic mass is 15.3. The Morgan fingerprint density at radius 3 is 2.32 bits per heavy atom. The van der Waals surface area contributed by atoms with Crippen LogP contribution in [0.15, 0.2) is 18.5 Å². The van der Waals surface area contributed by atoms with Gasteiger partial charge in [-0.3, -0.25) is 4.98 Å². The number of anilines is 2. The van der Waals surface area contributed by atoms with Gasteiger partial charge in [0.25, 0.3) is 0 Å². The third-order valence-electron chi connectivity index (χ3n) is 5.11.